The Kier molecular flexibility index (Phi) is 9.94. The number of ether oxygens (including phenoxy) is 4. The van der Waals surface area contributed by atoms with Gasteiger partial charge < -0.3 is 24.3 Å². The Balaban J connectivity index is 1.82. The van der Waals surface area contributed by atoms with Gasteiger partial charge in [0.05, 0.1) is 26.4 Å². The lowest BCUT2D eigenvalue weighted by molar-refractivity contribution is -0.111. The number of carbonyl (C=O) groups is 2. The highest BCUT2D eigenvalue weighted by Gasteiger charge is 2.22. The molecule has 0 fully saturated rings. The van der Waals surface area contributed by atoms with Crippen LogP contribution >= 0.6 is 11.3 Å². The van der Waals surface area contributed by atoms with Gasteiger partial charge in [-0.1, -0.05) is 18.2 Å². The minimum atomic E-state index is -0.491. The fourth-order valence-electron chi connectivity index (χ4n) is 3.46. The molecule has 3 rings (SSSR count). The van der Waals surface area contributed by atoms with E-state index in [2.05, 4.69) is 5.32 Å². The van der Waals surface area contributed by atoms with E-state index in [0.717, 1.165) is 16.9 Å². The Morgan fingerprint density at radius 2 is 1.56 bits per heavy atom. The van der Waals surface area contributed by atoms with Crippen molar-refractivity contribution in [1.82, 2.24) is 0 Å². The van der Waals surface area contributed by atoms with E-state index in [1.165, 1.54) is 17.4 Å². The number of nitrogens with one attached hydrogen (secondary N) is 1. The summed E-state index contributed by atoms with van der Waals surface area (Å²) in [5.74, 6) is 1.15. The molecule has 1 heterocycles. The zero-order chi connectivity index (χ0) is 25.9. The summed E-state index contributed by atoms with van der Waals surface area (Å²) in [6.07, 6.45) is 3.09. The molecule has 3 aromatic rings. The molecule has 0 bridgehead atoms. The number of amides is 1. The Bertz CT molecular complexity index is 1200. The number of thiophene rings is 1. The fraction of sp³-hybridized carbons (Fsp3) is 0.286. The minimum Gasteiger partial charge on any atom is -0.494 e. The molecule has 0 radical (unpaired) electrons. The van der Waals surface area contributed by atoms with Crippen molar-refractivity contribution in [3.05, 3.63) is 65.0 Å². The van der Waals surface area contributed by atoms with Crippen molar-refractivity contribution in [3.63, 3.8) is 0 Å². The van der Waals surface area contributed by atoms with Gasteiger partial charge in [-0.15, -0.1) is 11.3 Å². The molecule has 1 N–H and O–H groups in total. The molecule has 7 nitrogen and oxygen atoms in total. The molecular formula is C28H31NO6S. The number of hydrogen-bond acceptors (Lipinski definition) is 7. The second-order valence-electron chi connectivity index (χ2n) is 7.43. The quantitative estimate of drug-likeness (QED) is 0.223. The zero-order valence-electron chi connectivity index (χ0n) is 21.0. The molecule has 0 aliphatic rings. The predicted molar refractivity (Wildman–Crippen MR) is 143 cm³/mol. The third-order valence-corrected chi connectivity index (χ3v) is 5.87. The summed E-state index contributed by atoms with van der Waals surface area (Å²) in [4.78, 5) is 25.5. The van der Waals surface area contributed by atoms with Gasteiger partial charge in [-0.05, 0) is 69.2 Å². The van der Waals surface area contributed by atoms with E-state index < -0.39 is 5.97 Å². The lowest BCUT2D eigenvalue weighted by Gasteiger charge is -2.11. The van der Waals surface area contributed by atoms with E-state index in [1.54, 1.807) is 13.0 Å². The molecule has 0 saturated carbocycles. The summed E-state index contributed by atoms with van der Waals surface area (Å²) in [7, 11) is 0. The van der Waals surface area contributed by atoms with Gasteiger partial charge in [0.2, 0.25) is 5.91 Å². The highest BCUT2D eigenvalue weighted by Crippen LogP contribution is 2.37. The molecule has 2 aromatic carbocycles. The molecule has 0 aliphatic carbocycles. The first-order valence-electron chi connectivity index (χ1n) is 11.9. The first-order chi connectivity index (χ1) is 17.5. The van der Waals surface area contributed by atoms with Gasteiger partial charge >= 0.3 is 5.97 Å². The van der Waals surface area contributed by atoms with Gasteiger partial charge in [0.25, 0.3) is 0 Å². The van der Waals surface area contributed by atoms with E-state index in [0.29, 0.717) is 47.4 Å². The Morgan fingerprint density at radius 3 is 2.22 bits per heavy atom. The van der Waals surface area contributed by atoms with Crippen LogP contribution in [0.5, 0.6) is 17.2 Å². The van der Waals surface area contributed by atoms with Gasteiger partial charge in [-0.25, -0.2) is 4.79 Å². The summed E-state index contributed by atoms with van der Waals surface area (Å²) >= 11 is 1.27. The fourth-order valence-corrected chi connectivity index (χ4v) is 4.42. The standard InChI is InChI=1S/C28H31NO6S/c1-5-32-21-13-11-20(12-14-21)22-18-36-27(26(22)28(31)35-8-4)29-25(30)16-10-19-9-15-23(33-6-2)24(17-19)34-7-3/h9-18H,5-8H2,1-4H3,(H,29,30)/b16-10+. The molecule has 0 unspecified atom stereocenters. The maximum absolute atomic E-state index is 12.8. The Morgan fingerprint density at radius 1 is 0.861 bits per heavy atom. The van der Waals surface area contributed by atoms with E-state index in [4.69, 9.17) is 18.9 Å². The number of esters is 1. The van der Waals surface area contributed by atoms with Crippen molar-refractivity contribution in [2.24, 2.45) is 0 Å². The molecule has 0 spiro atoms. The lowest BCUT2D eigenvalue weighted by atomic mass is 10.0. The highest BCUT2D eigenvalue weighted by molar-refractivity contribution is 7.15. The van der Waals surface area contributed by atoms with Gasteiger partial charge in [0.15, 0.2) is 11.5 Å². The third-order valence-electron chi connectivity index (χ3n) is 4.98. The topological polar surface area (TPSA) is 83.1 Å². The van der Waals surface area contributed by atoms with E-state index >= 15 is 0 Å². The summed E-state index contributed by atoms with van der Waals surface area (Å²) < 4.78 is 22.0. The Labute approximate surface area is 215 Å². The second-order valence-corrected chi connectivity index (χ2v) is 8.31. The molecule has 1 aromatic heterocycles. The van der Waals surface area contributed by atoms with Crippen LogP contribution < -0.4 is 19.5 Å². The van der Waals surface area contributed by atoms with Crippen LogP contribution in [0, 0.1) is 0 Å². The SMILES string of the molecule is CCOC(=O)c1c(-c2ccc(OCC)cc2)csc1NC(=O)/C=C/c1ccc(OCC)c(OCC)c1. The highest BCUT2D eigenvalue weighted by atomic mass is 32.1. The van der Waals surface area contributed by atoms with Crippen molar-refractivity contribution in [2.45, 2.75) is 27.7 Å². The number of hydrogen-bond donors (Lipinski definition) is 1. The summed E-state index contributed by atoms with van der Waals surface area (Å²) in [5.41, 5.74) is 2.62. The largest absolute Gasteiger partial charge is 0.494 e. The second kappa shape index (κ2) is 13.3. The van der Waals surface area contributed by atoms with Crippen LogP contribution in [0.15, 0.2) is 53.9 Å². The first-order valence-corrected chi connectivity index (χ1v) is 12.8. The van der Waals surface area contributed by atoms with E-state index in [-0.39, 0.29) is 12.5 Å². The average molecular weight is 510 g/mol. The maximum atomic E-state index is 12.8. The predicted octanol–water partition coefficient (Wildman–Crippen LogP) is 6.44. The van der Waals surface area contributed by atoms with Crippen LogP contribution in [0.1, 0.15) is 43.6 Å². The maximum Gasteiger partial charge on any atom is 0.341 e. The molecule has 0 atom stereocenters. The summed E-state index contributed by atoms with van der Waals surface area (Å²) in [6.45, 7) is 9.29. The average Bonchev–Trinajstić information content (AvgIpc) is 3.28. The Hall–Kier alpha value is -3.78. The van der Waals surface area contributed by atoms with E-state index in [9.17, 15) is 9.59 Å². The summed E-state index contributed by atoms with van der Waals surface area (Å²) in [6, 6.07) is 12.9. The lowest BCUT2D eigenvalue weighted by Crippen LogP contribution is -2.12. The van der Waals surface area contributed by atoms with Gasteiger partial charge in [0, 0.05) is 17.0 Å². The van der Waals surface area contributed by atoms with Crippen molar-refractivity contribution in [3.8, 4) is 28.4 Å². The van der Waals surface area contributed by atoms with Crippen LogP contribution in [-0.4, -0.2) is 38.3 Å². The zero-order valence-corrected chi connectivity index (χ0v) is 21.8. The van der Waals surface area contributed by atoms with Crippen LogP contribution in [0.3, 0.4) is 0 Å². The third kappa shape index (κ3) is 6.88. The molecular weight excluding hydrogens is 478 g/mol. The number of benzene rings is 2. The van der Waals surface area contributed by atoms with Gasteiger partial charge in [-0.3, -0.25) is 4.79 Å². The van der Waals surface area contributed by atoms with Crippen LogP contribution in [0.4, 0.5) is 5.00 Å². The van der Waals surface area contributed by atoms with E-state index in [1.807, 2.05) is 68.6 Å². The molecule has 0 aliphatic heterocycles. The minimum absolute atomic E-state index is 0.227. The van der Waals surface area contributed by atoms with Crippen molar-refractivity contribution in [1.29, 1.82) is 0 Å². The van der Waals surface area contributed by atoms with Crippen molar-refractivity contribution >= 4 is 34.3 Å². The van der Waals surface area contributed by atoms with Gasteiger partial charge in [-0.2, -0.15) is 0 Å². The molecule has 190 valence electrons. The summed E-state index contributed by atoms with van der Waals surface area (Å²) in [5, 5.41) is 5.08. The number of anilines is 1. The van der Waals surface area contributed by atoms with Crippen molar-refractivity contribution in [2.75, 3.05) is 31.7 Å². The first kappa shape index (κ1) is 26.8. The molecule has 0 saturated heterocycles. The monoisotopic (exact) mass is 509 g/mol. The van der Waals surface area contributed by atoms with Crippen LogP contribution in [0.25, 0.3) is 17.2 Å². The number of carbonyl (C=O) groups excluding carboxylic acids is 2. The normalized spacial score (nSPS) is 10.8. The molecule has 36 heavy (non-hydrogen) atoms. The molecule has 1 amide bonds. The van der Waals surface area contributed by atoms with Crippen LogP contribution in [0.2, 0.25) is 0 Å². The van der Waals surface area contributed by atoms with Crippen molar-refractivity contribution < 1.29 is 28.5 Å². The number of rotatable bonds is 12. The smallest absolute Gasteiger partial charge is 0.341 e. The van der Waals surface area contributed by atoms with Gasteiger partial charge in [0.1, 0.15) is 16.3 Å². The van der Waals surface area contributed by atoms with Crippen LogP contribution in [-0.2, 0) is 9.53 Å². The molecule has 8 heteroatoms.